The third kappa shape index (κ3) is 4.83. The topological polar surface area (TPSA) is 79.6 Å². The van der Waals surface area contributed by atoms with Gasteiger partial charge in [0.25, 0.3) is 5.91 Å². The molecule has 6 nitrogen and oxygen atoms in total. The molecule has 1 aromatic carbocycles. The molecular weight excluding hydrogens is 376 g/mol. The molecule has 3 rings (SSSR count). The number of rotatable bonds is 7. The highest BCUT2D eigenvalue weighted by molar-refractivity contribution is 7.89. The summed E-state index contributed by atoms with van der Waals surface area (Å²) in [5, 5.41) is 2.95. The zero-order chi connectivity index (χ0) is 20.1. The molecule has 1 fully saturated rings. The van der Waals surface area contributed by atoms with E-state index in [9.17, 15) is 13.2 Å². The normalized spacial score (nSPS) is 19.3. The number of hydrogen-bond acceptors (Lipinski definition) is 4. The maximum atomic E-state index is 12.9. The van der Waals surface area contributed by atoms with Gasteiger partial charge in [-0.25, -0.2) is 8.42 Å². The number of hydrogen-bond donors (Lipinski definition) is 1. The summed E-state index contributed by atoms with van der Waals surface area (Å²) in [6.45, 7) is 4.44. The van der Waals surface area contributed by atoms with E-state index in [1.54, 1.807) is 22.7 Å². The molecule has 2 heterocycles. The molecule has 0 spiro atoms. The molecule has 1 aliphatic heterocycles. The number of benzene rings is 1. The van der Waals surface area contributed by atoms with Crippen molar-refractivity contribution in [3.63, 3.8) is 0 Å². The fourth-order valence-electron chi connectivity index (χ4n) is 3.54. The summed E-state index contributed by atoms with van der Waals surface area (Å²) in [4.78, 5) is 12.7. The summed E-state index contributed by atoms with van der Waals surface area (Å²) in [7, 11) is -3.52. The van der Waals surface area contributed by atoms with Crippen molar-refractivity contribution in [2.24, 2.45) is 0 Å². The molecule has 2 atom stereocenters. The molecule has 7 heteroatoms. The van der Waals surface area contributed by atoms with Gasteiger partial charge in [-0.05, 0) is 69.5 Å². The van der Waals surface area contributed by atoms with Gasteiger partial charge in [0.05, 0.1) is 11.2 Å². The molecule has 28 heavy (non-hydrogen) atoms. The van der Waals surface area contributed by atoms with Gasteiger partial charge in [-0.1, -0.05) is 6.42 Å². The summed E-state index contributed by atoms with van der Waals surface area (Å²) < 4.78 is 32.6. The molecule has 1 N–H and O–H groups in total. The fraction of sp³-hybridized carbons (Fsp3) is 0.476. The van der Waals surface area contributed by atoms with Crippen molar-refractivity contribution in [1.82, 2.24) is 9.62 Å². The Bertz CT molecular complexity index is 876. The van der Waals surface area contributed by atoms with Crippen LogP contribution in [0.5, 0.6) is 0 Å². The maximum absolute atomic E-state index is 12.9. The molecule has 1 aliphatic rings. The van der Waals surface area contributed by atoms with Crippen molar-refractivity contribution < 1.29 is 17.6 Å². The lowest BCUT2D eigenvalue weighted by atomic mass is 10.1. The Morgan fingerprint density at radius 3 is 2.64 bits per heavy atom. The second-order valence-electron chi connectivity index (χ2n) is 7.48. The first-order valence-corrected chi connectivity index (χ1v) is 11.3. The van der Waals surface area contributed by atoms with Crippen LogP contribution in [0.4, 0.5) is 0 Å². The van der Waals surface area contributed by atoms with E-state index in [4.69, 9.17) is 4.42 Å². The Balaban J connectivity index is 1.60. The number of sulfonamides is 1. The van der Waals surface area contributed by atoms with Crippen LogP contribution in [0.1, 0.15) is 55.6 Å². The first kappa shape index (κ1) is 20.6. The third-order valence-corrected chi connectivity index (χ3v) is 7.27. The highest BCUT2D eigenvalue weighted by Gasteiger charge is 2.30. The lowest BCUT2D eigenvalue weighted by molar-refractivity contribution is 0.0938. The van der Waals surface area contributed by atoms with Gasteiger partial charge in [-0.3, -0.25) is 4.79 Å². The minimum absolute atomic E-state index is 0.0109. The second kappa shape index (κ2) is 8.92. The number of carbonyl (C=O) groups excluding carboxylic acids is 1. The molecule has 2 unspecified atom stereocenters. The lowest BCUT2D eigenvalue weighted by Gasteiger charge is -2.32. The minimum atomic E-state index is -3.52. The first-order valence-electron chi connectivity index (χ1n) is 9.83. The van der Waals surface area contributed by atoms with E-state index in [2.05, 4.69) is 5.32 Å². The fourth-order valence-corrected chi connectivity index (χ4v) is 5.23. The predicted molar refractivity (Wildman–Crippen MR) is 108 cm³/mol. The zero-order valence-corrected chi connectivity index (χ0v) is 17.2. The summed E-state index contributed by atoms with van der Waals surface area (Å²) in [6.07, 6.45) is 5.98. The van der Waals surface area contributed by atoms with Gasteiger partial charge in [0, 0.05) is 30.6 Å². The smallest absolute Gasteiger partial charge is 0.251 e. The SMILES string of the molecule is CC(CCc1ccco1)NC(=O)c1ccc(S(=O)(=O)N2CCCCC2C)cc1. The Hall–Kier alpha value is -2.12. The van der Waals surface area contributed by atoms with Crippen molar-refractivity contribution in [2.75, 3.05) is 6.54 Å². The van der Waals surface area contributed by atoms with Crippen molar-refractivity contribution >= 4 is 15.9 Å². The van der Waals surface area contributed by atoms with Crippen LogP contribution in [0.25, 0.3) is 0 Å². The monoisotopic (exact) mass is 404 g/mol. The van der Waals surface area contributed by atoms with Crippen LogP contribution < -0.4 is 5.32 Å². The predicted octanol–water partition coefficient (Wildman–Crippen LogP) is 3.59. The number of carbonyl (C=O) groups is 1. The zero-order valence-electron chi connectivity index (χ0n) is 16.4. The average Bonchev–Trinajstić information content (AvgIpc) is 3.20. The third-order valence-electron chi connectivity index (χ3n) is 5.25. The maximum Gasteiger partial charge on any atom is 0.251 e. The van der Waals surface area contributed by atoms with E-state index in [0.717, 1.165) is 37.9 Å². The van der Waals surface area contributed by atoms with Crippen molar-refractivity contribution in [1.29, 1.82) is 0 Å². The van der Waals surface area contributed by atoms with Crippen molar-refractivity contribution in [2.45, 2.75) is 62.9 Å². The standard InChI is InChI=1S/C21H28N2O4S/c1-16(8-11-19-7-5-15-27-19)22-21(24)18-9-12-20(13-10-18)28(25,26)23-14-4-3-6-17(23)2/h5,7,9-10,12-13,15-17H,3-4,6,8,11,14H2,1-2H3,(H,22,24). The number of amides is 1. The summed E-state index contributed by atoms with van der Waals surface area (Å²) in [6, 6.07) is 9.96. The largest absolute Gasteiger partial charge is 0.469 e. The molecule has 0 bridgehead atoms. The molecule has 152 valence electrons. The molecule has 0 saturated carbocycles. The first-order chi connectivity index (χ1) is 13.4. The Morgan fingerprint density at radius 1 is 1.25 bits per heavy atom. The van der Waals surface area contributed by atoms with E-state index < -0.39 is 10.0 Å². The van der Waals surface area contributed by atoms with Crippen molar-refractivity contribution in [3.8, 4) is 0 Å². The Morgan fingerprint density at radius 2 is 2.00 bits per heavy atom. The van der Waals surface area contributed by atoms with Gasteiger partial charge in [-0.15, -0.1) is 0 Å². The summed E-state index contributed by atoms with van der Waals surface area (Å²) in [5.74, 6) is 0.685. The van der Waals surface area contributed by atoms with Crippen molar-refractivity contribution in [3.05, 3.63) is 54.0 Å². The lowest BCUT2D eigenvalue weighted by Crippen LogP contribution is -2.41. The van der Waals surface area contributed by atoms with Gasteiger partial charge >= 0.3 is 0 Å². The molecular formula is C21H28N2O4S. The highest BCUT2D eigenvalue weighted by atomic mass is 32.2. The molecule has 0 aliphatic carbocycles. The van der Waals surface area contributed by atoms with E-state index in [1.807, 2.05) is 26.0 Å². The number of piperidine rings is 1. The van der Waals surface area contributed by atoms with Gasteiger partial charge in [0.2, 0.25) is 10.0 Å². The molecule has 0 radical (unpaired) electrons. The number of nitrogens with one attached hydrogen (secondary N) is 1. The molecule has 1 aromatic heterocycles. The van der Waals surface area contributed by atoms with E-state index in [1.165, 1.54) is 12.1 Å². The molecule has 1 amide bonds. The second-order valence-corrected chi connectivity index (χ2v) is 9.37. The van der Waals surface area contributed by atoms with E-state index >= 15 is 0 Å². The van der Waals surface area contributed by atoms with Crippen LogP contribution in [-0.4, -0.2) is 37.3 Å². The average molecular weight is 405 g/mol. The number of nitrogens with zero attached hydrogens (tertiary/aromatic N) is 1. The summed E-state index contributed by atoms with van der Waals surface area (Å²) >= 11 is 0. The molecule has 2 aromatic rings. The van der Waals surface area contributed by atoms with Gasteiger partial charge in [0.1, 0.15) is 5.76 Å². The van der Waals surface area contributed by atoms with E-state index in [0.29, 0.717) is 12.1 Å². The Kier molecular flexibility index (Phi) is 6.57. The summed E-state index contributed by atoms with van der Waals surface area (Å²) in [5.41, 5.74) is 0.454. The number of furan rings is 1. The van der Waals surface area contributed by atoms with Crippen LogP contribution in [0.15, 0.2) is 52.0 Å². The van der Waals surface area contributed by atoms with Crippen LogP contribution in [0.2, 0.25) is 0 Å². The van der Waals surface area contributed by atoms with Crippen LogP contribution >= 0.6 is 0 Å². The molecule has 1 saturated heterocycles. The highest BCUT2D eigenvalue weighted by Crippen LogP contribution is 2.25. The quantitative estimate of drug-likeness (QED) is 0.765. The minimum Gasteiger partial charge on any atom is -0.469 e. The van der Waals surface area contributed by atoms with Gasteiger partial charge < -0.3 is 9.73 Å². The van der Waals surface area contributed by atoms with Crippen LogP contribution in [0.3, 0.4) is 0 Å². The van der Waals surface area contributed by atoms with Gasteiger partial charge in [-0.2, -0.15) is 4.31 Å². The van der Waals surface area contributed by atoms with Crippen LogP contribution in [-0.2, 0) is 16.4 Å². The van der Waals surface area contributed by atoms with E-state index in [-0.39, 0.29) is 22.9 Å². The Labute approximate surface area is 167 Å². The number of aryl methyl sites for hydroxylation is 1. The van der Waals surface area contributed by atoms with Gasteiger partial charge in [0.15, 0.2) is 0 Å². The van der Waals surface area contributed by atoms with Crippen LogP contribution in [0, 0.1) is 0 Å².